The van der Waals surface area contributed by atoms with E-state index in [4.69, 9.17) is 4.74 Å². The van der Waals surface area contributed by atoms with Gasteiger partial charge in [0.15, 0.2) is 0 Å². The van der Waals surface area contributed by atoms with Gasteiger partial charge in [0.2, 0.25) is 0 Å². The summed E-state index contributed by atoms with van der Waals surface area (Å²) in [7, 11) is 1.46. The Hall–Kier alpha value is -1.57. The van der Waals surface area contributed by atoms with Crippen LogP contribution in [0.2, 0.25) is 0 Å². The molecule has 0 aromatic heterocycles. The van der Waals surface area contributed by atoms with E-state index in [1.807, 2.05) is 6.92 Å². The Morgan fingerprint density at radius 3 is 2.09 bits per heavy atom. The van der Waals surface area contributed by atoms with Crippen LogP contribution in [0, 0.1) is 5.92 Å². The fraction of sp³-hybridized carbons (Fsp3) is 0.571. The zero-order valence-corrected chi connectivity index (χ0v) is 15.4. The van der Waals surface area contributed by atoms with Gasteiger partial charge in [0, 0.05) is 0 Å². The third-order valence-electron chi connectivity index (χ3n) is 4.56. The van der Waals surface area contributed by atoms with E-state index in [1.165, 1.54) is 23.8 Å². The van der Waals surface area contributed by atoms with E-state index in [9.17, 15) is 4.79 Å². The van der Waals surface area contributed by atoms with Crippen molar-refractivity contribution in [3.8, 4) is 0 Å². The molecule has 0 N–H and O–H groups in total. The van der Waals surface area contributed by atoms with Crippen molar-refractivity contribution >= 4 is 5.97 Å². The lowest BCUT2D eigenvalue weighted by molar-refractivity contribution is -0.143. The van der Waals surface area contributed by atoms with E-state index in [-0.39, 0.29) is 11.9 Å². The second-order valence-electron chi connectivity index (χ2n) is 6.68. The molecule has 0 radical (unpaired) electrons. The lowest BCUT2D eigenvalue weighted by atomic mass is 9.93. The van der Waals surface area contributed by atoms with Crippen LogP contribution in [0.3, 0.4) is 0 Å². The van der Waals surface area contributed by atoms with Crippen molar-refractivity contribution in [3.05, 3.63) is 46.6 Å². The largest absolute Gasteiger partial charge is 0.469 e. The number of allylic oxidation sites excluding steroid dienone is 7. The molecule has 0 saturated heterocycles. The highest BCUT2D eigenvalue weighted by molar-refractivity contribution is 5.75. The van der Waals surface area contributed by atoms with E-state index >= 15 is 0 Å². The molecule has 2 nitrogen and oxygen atoms in total. The summed E-state index contributed by atoms with van der Waals surface area (Å²) in [6, 6.07) is 0. The average molecular weight is 316 g/mol. The molecule has 0 aliphatic heterocycles. The molecule has 1 aliphatic carbocycles. The summed E-state index contributed by atoms with van der Waals surface area (Å²) in [5, 5.41) is 0. The summed E-state index contributed by atoms with van der Waals surface area (Å²) < 4.78 is 4.92. The maximum absolute atomic E-state index is 11.9. The highest BCUT2D eigenvalue weighted by Crippen LogP contribution is 2.22. The van der Waals surface area contributed by atoms with Crippen molar-refractivity contribution in [2.75, 3.05) is 7.11 Å². The number of methoxy groups -OCH3 is 1. The van der Waals surface area contributed by atoms with Crippen molar-refractivity contribution in [2.24, 2.45) is 5.92 Å². The zero-order valence-electron chi connectivity index (χ0n) is 15.4. The molecule has 1 unspecified atom stereocenters. The lowest BCUT2D eigenvalue weighted by Gasteiger charge is -2.14. The van der Waals surface area contributed by atoms with Gasteiger partial charge in [-0.1, -0.05) is 46.6 Å². The number of ether oxygens (including phenoxy) is 1. The molecule has 1 atom stereocenters. The van der Waals surface area contributed by atoms with Crippen LogP contribution >= 0.6 is 0 Å². The van der Waals surface area contributed by atoms with E-state index in [0.29, 0.717) is 0 Å². The van der Waals surface area contributed by atoms with Crippen LogP contribution in [-0.4, -0.2) is 13.1 Å². The minimum Gasteiger partial charge on any atom is -0.469 e. The average Bonchev–Trinajstić information content (AvgIpc) is 2.52. The van der Waals surface area contributed by atoms with Gasteiger partial charge in [-0.05, 0) is 66.2 Å². The number of carbonyl (C=O) groups is 1. The summed E-state index contributed by atoms with van der Waals surface area (Å²) in [5.74, 6) is -0.324. The number of hydrogen-bond acceptors (Lipinski definition) is 2. The Kier molecular flexibility index (Phi) is 8.68. The van der Waals surface area contributed by atoms with Crippen LogP contribution in [0.1, 0.15) is 66.2 Å². The highest BCUT2D eigenvalue weighted by Gasteiger charge is 2.17. The van der Waals surface area contributed by atoms with Gasteiger partial charge in [-0.3, -0.25) is 4.79 Å². The maximum Gasteiger partial charge on any atom is 0.312 e. The molecular weight excluding hydrogens is 284 g/mol. The Morgan fingerprint density at radius 1 is 0.913 bits per heavy atom. The van der Waals surface area contributed by atoms with Gasteiger partial charge < -0.3 is 4.74 Å². The molecule has 23 heavy (non-hydrogen) atoms. The van der Waals surface area contributed by atoms with Crippen molar-refractivity contribution in [1.29, 1.82) is 0 Å². The topological polar surface area (TPSA) is 26.3 Å². The molecule has 0 aromatic carbocycles. The first-order valence-corrected chi connectivity index (χ1v) is 8.69. The molecule has 1 rings (SSSR count). The van der Waals surface area contributed by atoms with E-state index in [1.54, 1.807) is 0 Å². The Balaban J connectivity index is 2.99. The third-order valence-corrected chi connectivity index (χ3v) is 4.56. The first kappa shape index (κ1) is 19.5. The van der Waals surface area contributed by atoms with Gasteiger partial charge in [-0.25, -0.2) is 0 Å². The van der Waals surface area contributed by atoms with E-state index < -0.39 is 0 Å². The smallest absolute Gasteiger partial charge is 0.312 e. The van der Waals surface area contributed by atoms with Gasteiger partial charge >= 0.3 is 5.97 Å². The standard InChI is InChI=1S/C21H32O2/c1-16-8-6-10-17(2)12-14-20(19(4)21(22)23-5)15-13-18(3)11-7-9-16/h8,11-12,14,19H,6-7,9-10,13,15H2,1-5H3. The SMILES string of the molecule is COC(=O)C(C)C1=CC=C(C)CCC=C(C)CCC=C(C)CC1. The molecule has 0 saturated carbocycles. The normalized spacial score (nSPS) is 19.5. The Labute approximate surface area is 142 Å². The molecule has 0 heterocycles. The van der Waals surface area contributed by atoms with Crippen LogP contribution in [0.15, 0.2) is 46.6 Å². The van der Waals surface area contributed by atoms with Crippen LogP contribution in [0.5, 0.6) is 0 Å². The van der Waals surface area contributed by atoms with Gasteiger partial charge in [0.1, 0.15) is 0 Å². The molecule has 128 valence electrons. The van der Waals surface area contributed by atoms with Gasteiger partial charge in [0.25, 0.3) is 0 Å². The van der Waals surface area contributed by atoms with Gasteiger partial charge in [-0.2, -0.15) is 0 Å². The van der Waals surface area contributed by atoms with Crippen LogP contribution < -0.4 is 0 Å². The Bertz CT molecular complexity index is 518. The van der Waals surface area contributed by atoms with Crippen molar-refractivity contribution in [2.45, 2.75) is 66.2 Å². The Morgan fingerprint density at radius 2 is 1.48 bits per heavy atom. The minimum absolute atomic E-state index is 0.149. The predicted octanol–water partition coefficient (Wildman–Crippen LogP) is 5.92. The minimum atomic E-state index is -0.174. The first-order chi connectivity index (χ1) is 10.9. The number of rotatable bonds is 2. The van der Waals surface area contributed by atoms with Crippen molar-refractivity contribution < 1.29 is 9.53 Å². The second kappa shape index (κ2) is 10.3. The first-order valence-electron chi connectivity index (χ1n) is 8.69. The highest BCUT2D eigenvalue weighted by atomic mass is 16.5. The van der Waals surface area contributed by atoms with E-state index in [2.05, 4.69) is 45.1 Å². The quantitative estimate of drug-likeness (QED) is 0.467. The van der Waals surface area contributed by atoms with Crippen molar-refractivity contribution in [3.63, 3.8) is 0 Å². The molecule has 0 fully saturated rings. The van der Waals surface area contributed by atoms with E-state index in [0.717, 1.165) is 44.1 Å². The maximum atomic E-state index is 11.9. The molecule has 2 heteroatoms. The molecule has 0 bridgehead atoms. The fourth-order valence-corrected chi connectivity index (χ4v) is 2.74. The number of carbonyl (C=O) groups excluding carboxylic acids is 1. The second-order valence-corrected chi connectivity index (χ2v) is 6.68. The monoisotopic (exact) mass is 316 g/mol. The van der Waals surface area contributed by atoms with Crippen LogP contribution in [-0.2, 0) is 9.53 Å². The van der Waals surface area contributed by atoms with Gasteiger partial charge in [-0.15, -0.1) is 0 Å². The summed E-state index contributed by atoms with van der Waals surface area (Å²) in [6.07, 6.45) is 15.3. The summed E-state index contributed by atoms with van der Waals surface area (Å²) in [6.45, 7) is 8.52. The zero-order chi connectivity index (χ0) is 17.2. The fourth-order valence-electron chi connectivity index (χ4n) is 2.74. The molecular formula is C21H32O2. The summed E-state index contributed by atoms with van der Waals surface area (Å²) in [4.78, 5) is 11.9. The molecule has 0 spiro atoms. The molecule has 1 aliphatic rings. The molecule has 0 aromatic rings. The van der Waals surface area contributed by atoms with Crippen molar-refractivity contribution in [1.82, 2.24) is 0 Å². The summed E-state index contributed by atoms with van der Waals surface area (Å²) in [5.41, 5.74) is 5.40. The number of esters is 1. The molecule has 0 amide bonds. The predicted molar refractivity (Wildman–Crippen MR) is 98.2 cm³/mol. The summed E-state index contributed by atoms with van der Waals surface area (Å²) >= 11 is 0. The van der Waals surface area contributed by atoms with Gasteiger partial charge in [0.05, 0.1) is 13.0 Å². The van der Waals surface area contributed by atoms with Crippen LogP contribution in [0.25, 0.3) is 0 Å². The number of hydrogen-bond donors (Lipinski definition) is 0. The lowest BCUT2D eigenvalue weighted by Crippen LogP contribution is -2.15. The third kappa shape index (κ3) is 7.49. The van der Waals surface area contributed by atoms with Crippen LogP contribution in [0.4, 0.5) is 0 Å².